The van der Waals surface area contributed by atoms with Gasteiger partial charge in [0.2, 0.25) is 0 Å². The van der Waals surface area contributed by atoms with Crippen molar-refractivity contribution in [2.24, 2.45) is 4.76 Å². The molecule has 1 unspecified atom stereocenters. The molecule has 1 fully saturated rings. The SMILES string of the molecule is COC(=O)Cn1cccc/c1=N\P(=S)(c1ccccc1)N(C)C1CCCCC1. The van der Waals surface area contributed by atoms with Crippen molar-refractivity contribution in [3.05, 3.63) is 60.2 Å². The first-order chi connectivity index (χ1) is 13.5. The topological polar surface area (TPSA) is 46.8 Å². The largest absolute Gasteiger partial charge is 0.468 e. The van der Waals surface area contributed by atoms with Crippen LogP contribution in [0.25, 0.3) is 0 Å². The molecule has 1 saturated carbocycles. The third kappa shape index (κ3) is 4.80. The van der Waals surface area contributed by atoms with E-state index in [9.17, 15) is 4.79 Å². The van der Waals surface area contributed by atoms with Gasteiger partial charge in [0.15, 0.2) is 6.34 Å². The number of rotatable bonds is 6. The highest BCUT2D eigenvalue weighted by Crippen LogP contribution is 2.51. The molecule has 1 heterocycles. The Kier molecular flexibility index (Phi) is 7.22. The first kappa shape index (κ1) is 21.0. The van der Waals surface area contributed by atoms with E-state index in [1.165, 1.54) is 26.4 Å². The Bertz CT molecular complexity index is 907. The van der Waals surface area contributed by atoms with E-state index in [4.69, 9.17) is 21.3 Å². The number of esters is 1. The molecule has 1 aliphatic carbocycles. The van der Waals surface area contributed by atoms with E-state index in [2.05, 4.69) is 23.9 Å². The molecule has 0 saturated heterocycles. The van der Waals surface area contributed by atoms with Crippen molar-refractivity contribution in [1.29, 1.82) is 0 Å². The van der Waals surface area contributed by atoms with Crippen LogP contribution in [0.4, 0.5) is 0 Å². The maximum absolute atomic E-state index is 11.8. The minimum Gasteiger partial charge on any atom is -0.468 e. The summed E-state index contributed by atoms with van der Waals surface area (Å²) in [7, 11) is 3.52. The van der Waals surface area contributed by atoms with Gasteiger partial charge in [-0.05, 0) is 32.0 Å². The van der Waals surface area contributed by atoms with Crippen molar-refractivity contribution in [2.45, 2.75) is 44.7 Å². The fraction of sp³-hybridized carbons (Fsp3) is 0.429. The number of benzene rings is 1. The van der Waals surface area contributed by atoms with Gasteiger partial charge in [-0.3, -0.25) is 9.46 Å². The van der Waals surface area contributed by atoms with Gasteiger partial charge in [-0.2, -0.15) is 0 Å². The van der Waals surface area contributed by atoms with E-state index >= 15 is 0 Å². The van der Waals surface area contributed by atoms with Crippen LogP contribution in [0.1, 0.15) is 32.1 Å². The van der Waals surface area contributed by atoms with Gasteiger partial charge >= 0.3 is 5.97 Å². The van der Waals surface area contributed by atoms with E-state index in [1.807, 2.05) is 47.2 Å². The number of hydrogen-bond acceptors (Lipinski definition) is 3. The summed E-state index contributed by atoms with van der Waals surface area (Å²) in [4.78, 5) is 11.8. The standard InChI is InChI=1S/C21H28N3O2PS/c1-23(18-11-5-3-6-12-18)27(28,19-13-7-4-8-14-19)22-20-15-9-10-16-24(20)17-21(25)26-2/h4,7-10,13-16,18H,3,5-6,11-12,17H2,1-2H3/b22-20+. The van der Waals surface area contributed by atoms with Crippen LogP contribution in [0.5, 0.6) is 0 Å². The normalized spacial score (nSPS) is 18.0. The number of hydrogen-bond donors (Lipinski definition) is 0. The second-order valence-corrected chi connectivity index (χ2v) is 11.1. The lowest BCUT2D eigenvalue weighted by molar-refractivity contribution is -0.141. The lowest BCUT2D eigenvalue weighted by Crippen LogP contribution is -2.35. The summed E-state index contributed by atoms with van der Waals surface area (Å²) >= 11 is 6.30. The maximum Gasteiger partial charge on any atom is 0.325 e. The third-order valence-corrected chi connectivity index (χ3v) is 9.58. The van der Waals surface area contributed by atoms with Gasteiger partial charge < -0.3 is 9.30 Å². The van der Waals surface area contributed by atoms with Gasteiger partial charge in [-0.15, -0.1) is 0 Å². The zero-order chi connectivity index (χ0) is 20.0. The zero-order valence-electron chi connectivity index (χ0n) is 16.5. The summed E-state index contributed by atoms with van der Waals surface area (Å²) in [6.45, 7) is 0.118. The average molecular weight is 418 g/mol. The number of ether oxygens (including phenoxy) is 1. The van der Waals surface area contributed by atoms with Crippen molar-refractivity contribution >= 4 is 29.4 Å². The van der Waals surface area contributed by atoms with Crippen LogP contribution >= 0.6 is 6.34 Å². The molecule has 0 N–H and O–H groups in total. The molecule has 150 valence electrons. The molecular weight excluding hydrogens is 389 g/mol. The Balaban J connectivity index is 2.09. The summed E-state index contributed by atoms with van der Waals surface area (Å²) in [6.07, 6.45) is 5.54. The molecule has 0 aliphatic heterocycles. The van der Waals surface area contributed by atoms with Crippen molar-refractivity contribution < 1.29 is 9.53 Å². The summed E-state index contributed by atoms with van der Waals surface area (Å²) < 4.78 is 14.1. The van der Waals surface area contributed by atoms with Crippen molar-refractivity contribution in [3.8, 4) is 0 Å². The van der Waals surface area contributed by atoms with Crippen LogP contribution in [0.3, 0.4) is 0 Å². The van der Waals surface area contributed by atoms with Crippen LogP contribution in [0, 0.1) is 0 Å². The van der Waals surface area contributed by atoms with Crippen LogP contribution < -0.4 is 10.8 Å². The smallest absolute Gasteiger partial charge is 0.325 e. The quantitative estimate of drug-likeness (QED) is 0.534. The van der Waals surface area contributed by atoms with Gasteiger partial charge in [0, 0.05) is 17.5 Å². The minimum atomic E-state index is -2.41. The van der Waals surface area contributed by atoms with E-state index in [1.54, 1.807) is 0 Å². The molecule has 1 atom stereocenters. The summed E-state index contributed by atoms with van der Waals surface area (Å²) in [6, 6.07) is 16.4. The van der Waals surface area contributed by atoms with E-state index in [0.29, 0.717) is 11.5 Å². The minimum absolute atomic E-state index is 0.118. The van der Waals surface area contributed by atoms with E-state index in [-0.39, 0.29) is 12.5 Å². The number of methoxy groups -OCH3 is 1. The van der Waals surface area contributed by atoms with Crippen LogP contribution in [-0.2, 0) is 27.9 Å². The Morgan fingerprint density at radius 2 is 1.86 bits per heavy atom. The Morgan fingerprint density at radius 3 is 2.54 bits per heavy atom. The lowest BCUT2D eigenvalue weighted by Gasteiger charge is -2.37. The second-order valence-electron chi connectivity index (χ2n) is 7.11. The molecule has 28 heavy (non-hydrogen) atoms. The van der Waals surface area contributed by atoms with Crippen molar-refractivity contribution in [3.63, 3.8) is 0 Å². The van der Waals surface area contributed by atoms with Gasteiger partial charge in [-0.1, -0.05) is 67.5 Å². The molecule has 7 heteroatoms. The molecule has 0 spiro atoms. The molecule has 0 amide bonds. The number of pyridine rings is 1. The van der Waals surface area contributed by atoms with E-state index in [0.717, 1.165) is 18.1 Å². The number of nitrogens with zero attached hydrogens (tertiary/aromatic N) is 3. The molecule has 5 nitrogen and oxygen atoms in total. The summed E-state index contributed by atoms with van der Waals surface area (Å²) in [5.41, 5.74) is 0.711. The van der Waals surface area contributed by atoms with Crippen LogP contribution in [-0.4, -0.2) is 35.4 Å². The first-order valence-electron chi connectivity index (χ1n) is 9.72. The Labute approximate surface area is 172 Å². The van der Waals surface area contributed by atoms with E-state index < -0.39 is 6.34 Å². The maximum atomic E-state index is 11.8. The monoisotopic (exact) mass is 417 g/mol. The Hall–Kier alpha value is -1.75. The van der Waals surface area contributed by atoms with Crippen molar-refractivity contribution in [1.82, 2.24) is 9.24 Å². The Morgan fingerprint density at radius 1 is 1.18 bits per heavy atom. The molecule has 0 bridgehead atoms. The van der Waals surface area contributed by atoms with Gasteiger partial charge in [0.1, 0.15) is 12.0 Å². The number of aromatic nitrogens is 1. The fourth-order valence-corrected chi connectivity index (χ4v) is 6.97. The van der Waals surface area contributed by atoms with Crippen molar-refractivity contribution in [2.75, 3.05) is 14.2 Å². The molecule has 1 aromatic heterocycles. The molecule has 0 radical (unpaired) electrons. The fourth-order valence-electron chi connectivity index (χ4n) is 3.64. The second kappa shape index (κ2) is 9.64. The van der Waals surface area contributed by atoms with Crippen LogP contribution in [0.2, 0.25) is 0 Å². The van der Waals surface area contributed by atoms with Gasteiger partial charge in [0.05, 0.1) is 7.11 Å². The summed E-state index contributed by atoms with van der Waals surface area (Å²) in [5.74, 6) is -0.304. The zero-order valence-corrected chi connectivity index (χ0v) is 18.2. The predicted molar refractivity (Wildman–Crippen MR) is 117 cm³/mol. The predicted octanol–water partition coefficient (Wildman–Crippen LogP) is 3.46. The molecule has 3 rings (SSSR count). The highest BCUT2D eigenvalue weighted by Gasteiger charge is 2.31. The summed E-state index contributed by atoms with van der Waals surface area (Å²) in [5, 5.41) is 1.08. The lowest BCUT2D eigenvalue weighted by atomic mass is 9.96. The average Bonchev–Trinajstić information content (AvgIpc) is 2.75. The highest BCUT2D eigenvalue weighted by atomic mass is 32.4. The first-order valence-corrected chi connectivity index (χ1v) is 12.4. The highest BCUT2D eigenvalue weighted by molar-refractivity contribution is 8.16. The molecular formula is C21H28N3O2PS. The van der Waals surface area contributed by atoms with Gasteiger partial charge in [0.25, 0.3) is 0 Å². The molecule has 1 aliphatic rings. The number of carbonyl (C=O) groups is 1. The molecule has 1 aromatic carbocycles. The third-order valence-electron chi connectivity index (χ3n) is 5.31. The number of carbonyl (C=O) groups excluding carboxylic acids is 1. The van der Waals surface area contributed by atoms with Crippen LogP contribution in [0.15, 0.2) is 59.5 Å². The van der Waals surface area contributed by atoms with Gasteiger partial charge in [-0.25, -0.2) is 4.76 Å². The molecule has 2 aromatic rings.